The minimum Gasteiger partial charge on any atom is -0.480 e. The Hall–Kier alpha value is -3.08. The summed E-state index contributed by atoms with van der Waals surface area (Å²) >= 11 is 0. The standard InChI is InChI=1S/C20H27N5O6/c1-20(2,3)31-18(27)24-7-6-12(9-24)21-8-13-10-25(19(28)30-13)15-5-4-14-17(22-15)23-16(26)11-29-14/h4-5,12-13,21H,6-11H2,1-3H3,(H,22,23,26)/t12-,13-/m0/s1. The number of rotatable bonds is 4. The molecule has 3 amide bonds. The maximum atomic E-state index is 12.3. The van der Waals surface area contributed by atoms with Crippen molar-refractivity contribution < 1.29 is 28.6 Å². The zero-order valence-electron chi connectivity index (χ0n) is 17.8. The summed E-state index contributed by atoms with van der Waals surface area (Å²) < 4.78 is 16.2. The number of pyridine rings is 1. The molecule has 11 heteroatoms. The number of hydrogen-bond acceptors (Lipinski definition) is 8. The van der Waals surface area contributed by atoms with Gasteiger partial charge in [-0.2, -0.15) is 0 Å². The minimum atomic E-state index is -0.524. The zero-order chi connectivity index (χ0) is 22.2. The van der Waals surface area contributed by atoms with Gasteiger partial charge in [-0.05, 0) is 39.3 Å². The van der Waals surface area contributed by atoms with Crippen molar-refractivity contribution in [1.82, 2.24) is 15.2 Å². The van der Waals surface area contributed by atoms with Gasteiger partial charge in [-0.25, -0.2) is 14.6 Å². The number of aromatic nitrogens is 1. The molecule has 31 heavy (non-hydrogen) atoms. The maximum Gasteiger partial charge on any atom is 0.416 e. The smallest absolute Gasteiger partial charge is 0.416 e. The predicted octanol–water partition coefficient (Wildman–Crippen LogP) is 1.34. The highest BCUT2D eigenvalue weighted by molar-refractivity contribution is 5.95. The van der Waals surface area contributed by atoms with Crippen molar-refractivity contribution in [2.24, 2.45) is 0 Å². The second-order valence-electron chi connectivity index (χ2n) is 8.79. The van der Waals surface area contributed by atoms with Crippen molar-refractivity contribution in [3.05, 3.63) is 12.1 Å². The van der Waals surface area contributed by atoms with Crippen LogP contribution in [-0.2, 0) is 14.3 Å². The lowest BCUT2D eigenvalue weighted by Gasteiger charge is -2.24. The molecule has 2 fully saturated rings. The van der Waals surface area contributed by atoms with Crippen LogP contribution in [0.2, 0.25) is 0 Å². The van der Waals surface area contributed by atoms with Crippen LogP contribution in [0.4, 0.5) is 21.2 Å². The Morgan fingerprint density at radius 2 is 2.13 bits per heavy atom. The van der Waals surface area contributed by atoms with E-state index in [0.29, 0.717) is 37.7 Å². The van der Waals surface area contributed by atoms with Gasteiger partial charge in [0, 0.05) is 25.7 Å². The highest BCUT2D eigenvalue weighted by Crippen LogP contribution is 2.30. The summed E-state index contributed by atoms with van der Waals surface area (Å²) in [5, 5.41) is 6.00. The molecule has 0 aliphatic carbocycles. The normalized spacial score (nSPS) is 23.2. The number of likely N-dealkylation sites (tertiary alicyclic amines) is 1. The fourth-order valence-corrected chi connectivity index (χ4v) is 3.64. The predicted molar refractivity (Wildman–Crippen MR) is 110 cm³/mol. The quantitative estimate of drug-likeness (QED) is 0.729. The van der Waals surface area contributed by atoms with Gasteiger partial charge in [0.25, 0.3) is 5.91 Å². The Balaban J connectivity index is 1.28. The number of cyclic esters (lactones) is 1. The summed E-state index contributed by atoms with van der Waals surface area (Å²) in [6.07, 6.45) is -0.365. The van der Waals surface area contributed by atoms with Crippen LogP contribution in [0.1, 0.15) is 27.2 Å². The fraction of sp³-hybridized carbons (Fsp3) is 0.600. The first-order valence-corrected chi connectivity index (χ1v) is 10.3. The first-order chi connectivity index (χ1) is 14.7. The molecular formula is C20H27N5O6. The van der Waals surface area contributed by atoms with Crippen LogP contribution >= 0.6 is 0 Å². The summed E-state index contributed by atoms with van der Waals surface area (Å²) in [7, 11) is 0. The van der Waals surface area contributed by atoms with Gasteiger partial charge in [-0.3, -0.25) is 9.69 Å². The molecule has 0 aromatic carbocycles. The van der Waals surface area contributed by atoms with Crippen molar-refractivity contribution in [2.75, 3.05) is 43.0 Å². The van der Waals surface area contributed by atoms with E-state index in [2.05, 4.69) is 15.6 Å². The third kappa shape index (κ3) is 4.98. The molecular weight excluding hydrogens is 406 g/mol. The van der Waals surface area contributed by atoms with Crippen molar-refractivity contribution >= 4 is 29.7 Å². The van der Waals surface area contributed by atoms with Crippen molar-refractivity contribution in [3.8, 4) is 5.75 Å². The summed E-state index contributed by atoms with van der Waals surface area (Å²) in [5.74, 6) is 0.843. The fourth-order valence-electron chi connectivity index (χ4n) is 3.64. The molecule has 0 bridgehead atoms. The molecule has 11 nitrogen and oxygen atoms in total. The molecule has 2 saturated heterocycles. The lowest BCUT2D eigenvalue weighted by molar-refractivity contribution is -0.118. The Morgan fingerprint density at radius 3 is 2.90 bits per heavy atom. The van der Waals surface area contributed by atoms with Gasteiger partial charge in [0.05, 0.1) is 6.54 Å². The second-order valence-corrected chi connectivity index (χ2v) is 8.79. The van der Waals surface area contributed by atoms with Crippen LogP contribution in [-0.4, -0.2) is 78.5 Å². The van der Waals surface area contributed by atoms with Crippen LogP contribution in [0.25, 0.3) is 0 Å². The van der Waals surface area contributed by atoms with Crippen LogP contribution in [0.3, 0.4) is 0 Å². The molecule has 2 N–H and O–H groups in total. The molecule has 0 saturated carbocycles. The van der Waals surface area contributed by atoms with Crippen molar-refractivity contribution in [1.29, 1.82) is 0 Å². The highest BCUT2D eigenvalue weighted by atomic mass is 16.6. The SMILES string of the molecule is CC(C)(C)OC(=O)N1CC[C@H](NC[C@H]2CN(c3ccc4c(n3)NC(=O)CO4)C(=O)O2)C1. The van der Waals surface area contributed by atoms with Gasteiger partial charge in [-0.15, -0.1) is 0 Å². The number of anilines is 2. The summed E-state index contributed by atoms with van der Waals surface area (Å²) in [6.45, 7) is 7.43. The van der Waals surface area contributed by atoms with Crippen molar-refractivity contribution in [3.63, 3.8) is 0 Å². The van der Waals surface area contributed by atoms with Crippen LogP contribution in [0, 0.1) is 0 Å². The number of amides is 3. The minimum absolute atomic E-state index is 0.0555. The largest absolute Gasteiger partial charge is 0.480 e. The average molecular weight is 433 g/mol. The number of nitrogens with zero attached hydrogens (tertiary/aromatic N) is 3. The molecule has 0 spiro atoms. The summed E-state index contributed by atoms with van der Waals surface area (Å²) in [6, 6.07) is 3.43. The highest BCUT2D eigenvalue weighted by Gasteiger charge is 2.35. The Kier molecular flexibility index (Phi) is 5.61. The van der Waals surface area contributed by atoms with E-state index in [9.17, 15) is 14.4 Å². The van der Waals surface area contributed by atoms with Crippen LogP contribution < -0.4 is 20.3 Å². The molecule has 4 heterocycles. The van der Waals surface area contributed by atoms with E-state index >= 15 is 0 Å². The van der Waals surface area contributed by atoms with E-state index in [1.165, 1.54) is 4.90 Å². The third-order valence-corrected chi connectivity index (χ3v) is 5.08. The first-order valence-electron chi connectivity index (χ1n) is 10.3. The molecule has 2 atom stereocenters. The first kappa shape index (κ1) is 21.2. The monoisotopic (exact) mass is 433 g/mol. The number of hydrogen-bond donors (Lipinski definition) is 2. The summed E-state index contributed by atoms with van der Waals surface area (Å²) in [5.41, 5.74) is -0.524. The summed E-state index contributed by atoms with van der Waals surface area (Å²) in [4.78, 5) is 43.4. The second kappa shape index (κ2) is 8.22. The topological polar surface area (TPSA) is 122 Å². The maximum absolute atomic E-state index is 12.3. The van der Waals surface area contributed by atoms with E-state index in [0.717, 1.165) is 6.42 Å². The van der Waals surface area contributed by atoms with Crippen LogP contribution in [0.5, 0.6) is 5.75 Å². The van der Waals surface area contributed by atoms with E-state index in [4.69, 9.17) is 14.2 Å². The Labute approximate surface area is 180 Å². The van der Waals surface area contributed by atoms with Gasteiger partial charge in [0.2, 0.25) is 0 Å². The molecule has 168 valence electrons. The molecule has 3 aliphatic rings. The van der Waals surface area contributed by atoms with Crippen molar-refractivity contribution in [2.45, 2.75) is 44.9 Å². The number of ether oxygens (including phenoxy) is 3. The number of carbonyl (C=O) groups is 3. The van der Waals surface area contributed by atoms with Gasteiger partial charge in [0.15, 0.2) is 18.2 Å². The molecule has 1 aromatic rings. The molecule has 3 aliphatic heterocycles. The lowest BCUT2D eigenvalue weighted by atomic mass is 10.2. The Morgan fingerprint density at radius 1 is 1.32 bits per heavy atom. The van der Waals surface area contributed by atoms with E-state index in [1.807, 2.05) is 20.8 Å². The molecule has 0 unspecified atom stereocenters. The lowest BCUT2D eigenvalue weighted by Crippen LogP contribution is -2.41. The van der Waals surface area contributed by atoms with Crippen LogP contribution in [0.15, 0.2) is 12.1 Å². The molecule has 1 aromatic heterocycles. The number of fused-ring (bicyclic) bond motifs is 1. The van der Waals surface area contributed by atoms with Gasteiger partial charge in [-0.1, -0.05) is 0 Å². The molecule has 4 rings (SSSR count). The van der Waals surface area contributed by atoms with Gasteiger partial charge in [0.1, 0.15) is 17.5 Å². The van der Waals surface area contributed by atoms with E-state index < -0.39 is 11.7 Å². The van der Waals surface area contributed by atoms with E-state index in [-0.39, 0.29) is 36.6 Å². The average Bonchev–Trinajstić information content (AvgIpc) is 3.31. The zero-order valence-corrected chi connectivity index (χ0v) is 17.8. The number of nitrogens with one attached hydrogen (secondary N) is 2. The third-order valence-electron chi connectivity index (χ3n) is 5.08. The number of carbonyl (C=O) groups excluding carboxylic acids is 3. The van der Waals surface area contributed by atoms with Gasteiger partial charge >= 0.3 is 12.2 Å². The van der Waals surface area contributed by atoms with E-state index in [1.54, 1.807) is 17.0 Å². The molecule has 0 radical (unpaired) electrons. The Bertz CT molecular complexity index is 885. The van der Waals surface area contributed by atoms with Gasteiger partial charge < -0.3 is 29.7 Å².